The zero-order valence-corrected chi connectivity index (χ0v) is 20.0. The fourth-order valence-electron chi connectivity index (χ4n) is 4.77. The Balaban J connectivity index is 1.48. The highest BCUT2D eigenvalue weighted by atomic mass is 35.5. The Morgan fingerprint density at radius 2 is 1.50 bits per heavy atom. The van der Waals surface area contributed by atoms with Crippen LogP contribution >= 0.6 is 11.6 Å². The largest absolute Gasteiger partial charge is 0.349 e. The molecule has 2 aromatic carbocycles. The SMILES string of the molecule is Cc1nc2c(N3CCN(C(c4ccc(F)cc4)c4ccc(F)cc4)CC3C)nc(Cl)nc2n1C. The number of nitrogens with zero attached hydrogens (tertiary/aromatic N) is 6. The number of rotatable bonds is 4. The Labute approximate surface area is 201 Å². The van der Waals surface area contributed by atoms with Gasteiger partial charge in [0.1, 0.15) is 17.5 Å². The molecule has 0 N–H and O–H groups in total. The summed E-state index contributed by atoms with van der Waals surface area (Å²) in [6.45, 7) is 6.19. The number of benzene rings is 2. The van der Waals surface area contributed by atoms with Crippen LogP contribution in [0, 0.1) is 18.6 Å². The molecule has 6 nitrogen and oxygen atoms in total. The third-order valence-corrected chi connectivity index (χ3v) is 6.73. The molecule has 0 bridgehead atoms. The van der Waals surface area contributed by atoms with E-state index in [0.29, 0.717) is 18.7 Å². The number of piperazine rings is 1. The molecule has 176 valence electrons. The Morgan fingerprint density at radius 3 is 2.06 bits per heavy atom. The van der Waals surface area contributed by atoms with E-state index in [4.69, 9.17) is 11.6 Å². The fraction of sp³-hybridized carbons (Fsp3) is 0.320. The minimum Gasteiger partial charge on any atom is -0.349 e. The Kier molecular flexibility index (Phi) is 5.95. The lowest BCUT2D eigenvalue weighted by molar-refractivity contribution is 0.187. The molecule has 9 heteroatoms. The van der Waals surface area contributed by atoms with Crippen molar-refractivity contribution in [3.05, 3.63) is 82.4 Å². The summed E-state index contributed by atoms with van der Waals surface area (Å²) in [5.74, 6) is 1.00. The minimum absolute atomic E-state index is 0.0913. The summed E-state index contributed by atoms with van der Waals surface area (Å²) in [5, 5.41) is 0.190. The second kappa shape index (κ2) is 8.92. The molecule has 1 aliphatic heterocycles. The molecule has 1 aliphatic rings. The van der Waals surface area contributed by atoms with Gasteiger partial charge in [0.25, 0.3) is 0 Å². The summed E-state index contributed by atoms with van der Waals surface area (Å²) in [6, 6.07) is 13.0. The molecular weight excluding hydrogens is 458 g/mol. The molecule has 5 rings (SSSR count). The highest BCUT2D eigenvalue weighted by Gasteiger charge is 2.32. The van der Waals surface area contributed by atoms with Crippen molar-refractivity contribution in [3.63, 3.8) is 0 Å². The highest BCUT2D eigenvalue weighted by Crippen LogP contribution is 2.34. The minimum atomic E-state index is -0.282. The number of aryl methyl sites for hydroxylation is 2. The highest BCUT2D eigenvalue weighted by molar-refractivity contribution is 6.28. The molecule has 2 aromatic heterocycles. The fourth-order valence-corrected chi connectivity index (χ4v) is 4.93. The van der Waals surface area contributed by atoms with Gasteiger partial charge in [-0.15, -0.1) is 0 Å². The van der Waals surface area contributed by atoms with Gasteiger partial charge in [-0.3, -0.25) is 4.90 Å². The first-order valence-corrected chi connectivity index (χ1v) is 11.6. The van der Waals surface area contributed by atoms with Gasteiger partial charge in [0.15, 0.2) is 17.0 Å². The van der Waals surface area contributed by atoms with Crippen LogP contribution in [0.5, 0.6) is 0 Å². The number of aromatic nitrogens is 4. The lowest BCUT2D eigenvalue weighted by Gasteiger charge is -2.44. The van der Waals surface area contributed by atoms with Gasteiger partial charge in [-0.05, 0) is 60.8 Å². The molecular formula is C25H25ClF2N6. The molecule has 0 spiro atoms. The third kappa shape index (κ3) is 4.12. The van der Waals surface area contributed by atoms with Crippen molar-refractivity contribution in [1.29, 1.82) is 0 Å². The van der Waals surface area contributed by atoms with E-state index >= 15 is 0 Å². The average Bonchev–Trinajstić information content (AvgIpc) is 3.10. The van der Waals surface area contributed by atoms with Crippen LogP contribution in [0.4, 0.5) is 14.6 Å². The summed E-state index contributed by atoms with van der Waals surface area (Å²) in [7, 11) is 1.91. The number of hydrogen-bond donors (Lipinski definition) is 0. The maximum absolute atomic E-state index is 13.6. The normalized spacial score (nSPS) is 17.1. The monoisotopic (exact) mass is 482 g/mol. The van der Waals surface area contributed by atoms with E-state index in [1.807, 2.05) is 18.5 Å². The van der Waals surface area contributed by atoms with Crippen molar-refractivity contribution in [2.45, 2.75) is 25.9 Å². The summed E-state index contributed by atoms with van der Waals surface area (Å²) in [5.41, 5.74) is 3.36. The summed E-state index contributed by atoms with van der Waals surface area (Å²) in [4.78, 5) is 18.1. The maximum Gasteiger partial charge on any atom is 0.226 e. The van der Waals surface area contributed by atoms with Crippen molar-refractivity contribution >= 4 is 28.6 Å². The number of anilines is 1. The molecule has 4 aromatic rings. The van der Waals surface area contributed by atoms with Crippen LogP contribution < -0.4 is 4.90 Å². The van der Waals surface area contributed by atoms with Gasteiger partial charge in [0.05, 0.1) is 6.04 Å². The van der Waals surface area contributed by atoms with Crippen molar-refractivity contribution in [1.82, 2.24) is 24.4 Å². The van der Waals surface area contributed by atoms with E-state index in [9.17, 15) is 8.78 Å². The van der Waals surface area contributed by atoms with E-state index in [1.165, 1.54) is 24.3 Å². The van der Waals surface area contributed by atoms with Crippen molar-refractivity contribution in [2.75, 3.05) is 24.5 Å². The molecule has 3 heterocycles. The summed E-state index contributed by atoms with van der Waals surface area (Å²) >= 11 is 6.28. The Morgan fingerprint density at radius 1 is 0.912 bits per heavy atom. The lowest BCUT2D eigenvalue weighted by Crippen LogP contribution is -2.53. The van der Waals surface area contributed by atoms with Gasteiger partial charge in [0, 0.05) is 32.7 Å². The van der Waals surface area contributed by atoms with E-state index < -0.39 is 0 Å². The smallest absolute Gasteiger partial charge is 0.226 e. The lowest BCUT2D eigenvalue weighted by atomic mass is 9.95. The Bertz CT molecular complexity index is 1280. The number of hydrogen-bond acceptors (Lipinski definition) is 5. The van der Waals surface area contributed by atoms with Crippen LogP contribution in [0.25, 0.3) is 11.2 Å². The summed E-state index contributed by atoms with van der Waals surface area (Å²) < 4.78 is 29.2. The third-order valence-electron chi connectivity index (χ3n) is 6.56. The number of fused-ring (bicyclic) bond motifs is 1. The van der Waals surface area contributed by atoms with Gasteiger partial charge in [0.2, 0.25) is 5.28 Å². The molecule has 0 saturated carbocycles. The number of halogens is 3. The molecule has 1 fully saturated rings. The molecule has 34 heavy (non-hydrogen) atoms. The number of imidazole rings is 1. The topological polar surface area (TPSA) is 50.1 Å². The predicted octanol–water partition coefficient (Wildman–Crippen LogP) is 4.90. The standard InChI is InChI=1S/C25H25ClF2N6/c1-15-14-33(22(17-4-8-19(27)9-5-17)18-6-10-20(28)11-7-18)12-13-34(15)24-21-23(30-25(26)31-24)32(3)16(2)29-21/h4-11,15,22H,12-14H2,1-3H3. The van der Waals surface area contributed by atoms with Gasteiger partial charge in [-0.1, -0.05) is 24.3 Å². The predicted molar refractivity (Wildman–Crippen MR) is 129 cm³/mol. The second-order valence-electron chi connectivity index (χ2n) is 8.75. The van der Waals surface area contributed by atoms with Crippen molar-refractivity contribution < 1.29 is 8.78 Å². The van der Waals surface area contributed by atoms with E-state index in [2.05, 4.69) is 31.7 Å². The molecule has 0 amide bonds. The average molecular weight is 483 g/mol. The quantitative estimate of drug-likeness (QED) is 0.387. The molecule has 1 atom stereocenters. The Hall–Kier alpha value is -3.10. The molecule has 1 saturated heterocycles. The van der Waals surface area contributed by atoms with Crippen LogP contribution in [0.15, 0.2) is 48.5 Å². The van der Waals surface area contributed by atoms with Crippen molar-refractivity contribution in [2.24, 2.45) is 7.05 Å². The van der Waals surface area contributed by atoms with Crippen LogP contribution in [-0.4, -0.2) is 50.1 Å². The van der Waals surface area contributed by atoms with Gasteiger partial charge >= 0.3 is 0 Å². The second-order valence-corrected chi connectivity index (χ2v) is 9.09. The van der Waals surface area contributed by atoms with Crippen LogP contribution in [0.1, 0.15) is 29.9 Å². The van der Waals surface area contributed by atoms with Crippen LogP contribution in [-0.2, 0) is 7.05 Å². The van der Waals surface area contributed by atoms with Crippen molar-refractivity contribution in [3.8, 4) is 0 Å². The zero-order valence-electron chi connectivity index (χ0n) is 19.2. The van der Waals surface area contributed by atoms with Crippen LogP contribution in [0.2, 0.25) is 5.28 Å². The first-order valence-electron chi connectivity index (χ1n) is 11.2. The first-order chi connectivity index (χ1) is 16.3. The summed E-state index contributed by atoms with van der Waals surface area (Å²) in [6.07, 6.45) is 0. The van der Waals surface area contributed by atoms with Gasteiger partial charge in [-0.25, -0.2) is 13.8 Å². The van der Waals surface area contributed by atoms with E-state index in [1.54, 1.807) is 24.3 Å². The van der Waals surface area contributed by atoms with Gasteiger partial charge in [-0.2, -0.15) is 9.97 Å². The molecule has 1 unspecified atom stereocenters. The molecule has 0 radical (unpaired) electrons. The van der Waals surface area contributed by atoms with E-state index in [0.717, 1.165) is 34.8 Å². The van der Waals surface area contributed by atoms with E-state index in [-0.39, 0.29) is 29.0 Å². The maximum atomic E-state index is 13.6. The van der Waals surface area contributed by atoms with Gasteiger partial charge < -0.3 is 9.47 Å². The first kappa shape index (κ1) is 22.7. The zero-order chi connectivity index (χ0) is 24.0. The van der Waals surface area contributed by atoms with Crippen LogP contribution in [0.3, 0.4) is 0 Å². The molecule has 0 aliphatic carbocycles.